The van der Waals surface area contributed by atoms with Gasteiger partial charge in [-0.05, 0) is 38.6 Å². The molecule has 0 saturated heterocycles. The molecule has 0 radical (unpaired) electrons. The van der Waals surface area contributed by atoms with Gasteiger partial charge in [0.05, 0.1) is 46.6 Å². The number of ether oxygens (including phenoxy) is 4. The number of ketones is 1. The number of hydrogen-bond donors (Lipinski definition) is 4. The van der Waals surface area contributed by atoms with E-state index >= 15 is 0 Å². The Balaban J connectivity index is 3.47. The molecule has 0 amide bonds. The first-order chi connectivity index (χ1) is 18.9. The van der Waals surface area contributed by atoms with Crippen LogP contribution >= 0.6 is 7.82 Å². The highest BCUT2D eigenvalue weighted by molar-refractivity contribution is 7.44. The monoisotopic (exact) mass is 602 g/mol. The highest BCUT2D eigenvalue weighted by Crippen LogP contribution is 2.29. The van der Waals surface area contributed by atoms with Crippen LogP contribution in [0.5, 0.6) is 0 Å². The van der Waals surface area contributed by atoms with Crippen molar-refractivity contribution >= 4 is 13.6 Å². The van der Waals surface area contributed by atoms with Gasteiger partial charge in [0.2, 0.25) is 0 Å². The number of methoxy groups -OCH3 is 1. The van der Waals surface area contributed by atoms with Crippen molar-refractivity contribution in [2.24, 2.45) is 0 Å². The molecule has 0 aliphatic heterocycles. The van der Waals surface area contributed by atoms with Crippen molar-refractivity contribution in [1.29, 1.82) is 0 Å². The summed E-state index contributed by atoms with van der Waals surface area (Å²) in [5.74, 6) is 0.235. The molecule has 4 N–H and O–H groups in total. The fraction of sp³-hybridized carbons (Fsp3) is 0.962. The number of nitrogens with one attached hydrogen (secondary N) is 1. The lowest BCUT2D eigenvalue weighted by Gasteiger charge is -2.30. The van der Waals surface area contributed by atoms with E-state index in [4.69, 9.17) is 23.8 Å². The van der Waals surface area contributed by atoms with Gasteiger partial charge in [0.25, 0.3) is 7.82 Å². The molecule has 0 bridgehead atoms. The Morgan fingerprint density at radius 2 is 1.43 bits per heavy atom. The quantitative estimate of drug-likeness (QED) is 0.0501. The molecule has 0 aromatic carbocycles. The van der Waals surface area contributed by atoms with Crippen LogP contribution in [0.3, 0.4) is 0 Å². The lowest BCUT2D eigenvalue weighted by atomic mass is 10.1. The first kappa shape index (κ1) is 39.5. The molecule has 13 nitrogen and oxygen atoms in total. The Morgan fingerprint density at radius 1 is 0.825 bits per heavy atom. The summed E-state index contributed by atoms with van der Waals surface area (Å²) in [5, 5.41) is 22.6. The van der Waals surface area contributed by atoms with E-state index in [0.717, 1.165) is 38.6 Å². The summed E-state index contributed by atoms with van der Waals surface area (Å²) in [6, 6.07) is 0. The van der Waals surface area contributed by atoms with E-state index in [9.17, 15) is 24.5 Å². The lowest BCUT2D eigenvalue weighted by Crippen LogP contribution is -2.44. The van der Waals surface area contributed by atoms with Crippen LogP contribution in [-0.4, -0.2) is 138 Å². The molecule has 0 aromatic rings. The Bertz CT molecular complexity index is 652. The van der Waals surface area contributed by atoms with E-state index in [1.54, 1.807) is 0 Å². The number of aliphatic hydroxyl groups is 2. The van der Waals surface area contributed by atoms with Gasteiger partial charge in [0, 0.05) is 46.3 Å². The normalized spacial score (nSPS) is 15.2. The number of phosphoric acid groups is 1. The predicted molar refractivity (Wildman–Crippen MR) is 149 cm³/mol. The van der Waals surface area contributed by atoms with Crippen LogP contribution in [0.15, 0.2) is 0 Å². The summed E-state index contributed by atoms with van der Waals surface area (Å²) in [7, 11) is 0.680. The molecular formula is C26H55N2O11P. The van der Waals surface area contributed by atoms with E-state index < -0.39 is 20.0 Å². The fourth-order valence-electron chi connectivity index (χ4n) is 3.59. The zero-order valence-corrected chi connectivity index (χ0v) is 25.7. The minimum absolute atomic E-state index is 0.0893. The topological polar surface area (TPSA) is 176 Å². The summed E-state index contributed by atoms with van der Waals surface area (Å²) in [5.41, 5.74) is 0. The molecule has 0 aromatic heterocycles. The molecule has 40 heavy (non-hydrogen) atoms. The van der Waals surface area contributed by atoms with Gasteiger partial charge in [0.1, 0.15) is 31.6 Å². The molecule has 3 unspecified atom stereocenters. The van der Waals surface area contributed by atoms with Crippen LogP contribution in [0.25, 0.3) is 0 Å². The zero-order chi connectivity index (χ0) is 30.1. The Labute approximate surface area is 240 Å². The summed E-state index contributed by atoms with van der Waals surface area (Å²) >= 11 is 0. The molecule has 240 valence electrons. The van der Waals surface area contributed by atoms with Crippen LogP contribution < -0.4 is 10.2 Å². The molecule has 3 atom stereocenters. The molecule has 0 aliphatic rings. The highest BCUT2D eigenvalue weighted by Gasteiger charge is 2.16. The Hall–Kier alpha value is -0.540. The minimum atomic E-state index is -4.68. The van der Waals surface area contributed by atoms with Gasteiger partial charge in [-0.25, -0.2) is 0 Å². The Morgan fingerprint density at radius 3 is 2.08 bits per heavy atom. The van der Waals surface area contributed by atoms with Crippen molar-refractivity contribution in [1.82, 2.24) is 5.32 Å². The summed E-state index contributed by atoms with van der Waals surface area (Å²) in [6.07, 6.45) is 4.95. The molecule has 0 rings (SSSR count). The Kier molecular flexibility index (Phi) is 24.7. The van der Waals surface area contributed by atoms with Crippen molar-refractivity contribution in [3.05, 3.63) is 0 Å². The number of rotatable bonds is 30. The first-order valence-electron chi connectivity index (χ1n) is 14.3. The third kappa shape index (κ3) is 29.0. The molecular weight excluding hydrogens is 547 g/mol. The number of aliphatic hydroxyl groups excluding tert-OH is 2. The average Bonchev–Trinajstić information content (AvgIpc) is 2.86. The minimum Gasteiger partial charge on any atom is -0.756 e. The highest BCUT2D eigenvalue weighted by atomic mass is 31.2. The third-order valence-corrected chi connectivity index (χ3v) is 6.54. The number of phosphoric ester groups is 1. The van der Waals surface area contributed by atoms with E-state index in [0.29, 0.717) is 69.8 Å². The maximum atomic E-state index is 12.0. The number of likely N-dealkylation sites (N-methyl/N-ethyl adjacent to an activating group) is 1. The molecule has 0 fully saturated rings. The second-order valence-corrected chi connectivity index (χ2v) is 11.8. The number of unbranched alkanes of at least 4 members (excludes halogenated alkanes) is 3. The predicted octanol–water partition coefficient (Wildman–Crippen LogP) is 0.238. The number of hydrogen-bond acceptors (Lipinski definition) is 11. The van der Waals surface area contributed by atoms with Gasteiger partial charge in [-0.15, -0.1) is 0 Å². The lowest BCUT2D eigenvalue weighted by molar-refractivity contribution is -0.890. The zero-order valence-electron chi connectivity index (χ0n) is 24.8. The standard InChI is InChI=1S/C26H55N2O11P/c1-28(2,14-19-39-40(32,33)34)13-18-36-17-9-11-24(29)10-5-4-6-12-27-20-25(30)22-37-15-7-8-16-38-23-26(31)21-35-3/h25-27,30-31H,4-23H2,1-3H3,(H-,32,33,34). The average molecular weight is 603 g/mol. The second-order valence-electron chi connectivity index (χ2n) is 10.6. The molecule has 0 spiro atoms. The fourth-order valence-corrected chi connectivity index (χ4v) is 3.90. The second kappa shape index (κ2) is 25.0. The SMILES string of the molecule is COCC(O)COCCCCOCC(O)CNCCCCCC(=O)CCCOCC[N+](C)(C)CCOP(=O)([O-])O. The van der Waals surface area contributed by atoms with Crippen molar-refractivity contribution in [3.8, 4) is 0 Å². The van der Waals surface area contributed by atoms with E-state index in [1.807, 2.05) is 14.1 Å². The first-order valence-corrected chi connectivity index (χ1v) is 15.8. The summed E-state index contributed by atoms with van der Waals surface area (Å²) in [4.78, 5) is 31.3. The largest absolute Gasteiger partial charge is 0.756 e. The number of Topliss-reactive ketones (excluding diaryl/α,β-unsaturated/α-hetero) is 1. The van der Waals surface area contributed by atoms with Crippen LogP contribution in [0.2, 0.25) is 0 Å². The van der Waals surface area contributed by atoms with Crippen molar-refractivity contribution < 1.29 is 57.3 Å². The molecule has 14 heteroatoms. The van der Waals surface area contributed by atoms with Crippen molar-refractivity contribution in [3.63, 3.8) is 0 Å². The van der Waals surface area contributed by atoms with Crippen LogP contribution in [0, 0.1) is 0 Å². The maximum absolute atomic E-state index is 12.0. The van der Waals surface area contributed by atoms with Crippen LogP contribution in [-0.2, 0) is 32.8 Å². The number of carbonyl (C=O) groups is 1. The maximum Gasteiger partial charge on any atom is 0.265 e. The van der Waals surface area contributed by atoms with E-state index in [2.05, 4.69) is 9.84 Å². The third-order valence-electron chi connectivity index (χ3n) is 6.03. The number of carbonyl (C=O) groups excluding carboxylic acids is 1. The molecule has 0 saturated carbocycles. The van der Waals surface area contributed by atoms with Gasteiger partial charge < -0.3 is 53.3 Å². The van der Waals surface area contributed by atoms with Crippen molar-refractivity contribution in [2.45, 2.75) is 63.6 Å². The summed E-state index contributed by atoms with van der Waals surface area (Å²) < 4.78 is 36.7. The molecule has 0 aliphatic carbocycles. The van der Waals surface area contributed by atoms with Gasteiger partial charge >= 0.3 is 0 Å². The van der Waals surface area contributed by atoms with E-state index in [1.165, 1.54) is 7.11 Å². The van der Waals surface area contributed by atoms with Crippen LogP contribution in [0.4, 0.5) is 0 Å². The number of nitrogens with zero attached hydrogens (tertiary/aromatic N) is 1. The smallest absolute Gasteiger partial charge is 0.265 e. The summed E-state index contributed by atoms with van der Waals surface area (Å²) in [6.45, 7) is 5.13. The van der Waals surface area contributed by atoms with Gasteiger partial charge in [-0.1, -0.05) is 6.42 Å². The molecule has 0 heterocycles. The van der Waals surface area contributed by atoms with Crippen molar-refractivity contribution in [2.75, 3.05) is 100 Å². The van der Waals surface area contributed by atoms with Crippen LogP contribution in [0.1, 0.15) is 51.4 Å². The van der Waals surface area contributed by atoms with Gasteiger partial charge in [-0.2, -0.15) is 0 Å². The van der Waals surface area contributed by atoms with Gasteiger partial charge in [-0.3, -0.25) is 9.36 Å². The number of quaternary nitrogens is 1. The van der Waals surface area contributed by atoms with E-state index in [-0.39, 0.29) is 32.2 Å². The van der Waals surface area contributed by atoms with Gasteiger partial charge in [0.15, 0.2) is 0 Å².